The summed E-state index contributed by atoms with van der Waals surface area (Å²) in [5.74, 6) is -0.165. The molecular weight excluding hydrogens is 327 g/mol. The number of aromatic nitrogens is 1. The number of alkyl halides is 3. The molecule has 122 valence electrons. The van der Waals surface area contributed by atoms with E-state index in [-0.39, 0.29) is 29.9 Å². The number of unbranched alkanes of at least 4 members (excludes halogenated alkanes) is 3. The van der Waals surface area contributed by atoms with Crippen LogP contribution >= 0.6 is 23.7 Å². The van der Waals surface area contributed by atoms with Crippen molar-refractivity contribution in [2.45, 2.75) is 44.8 Å². The van der Waals surface area contributed by atoms with Crippen LogP contribution in [0.5, 0.6) is 0 Å². The highest BCUT2D eigenvalue weighted by Crippen LogP contribution is 2.29. The first-order chi connectivity index (χ1) is 9.43. The van der Waals surface area contributed by atoms with Crippen LogP contribution in [0, 0.1) is 0 Å². The summed E-state index contributed by atoms with van der Waals surface area (Å²) in [5, 5.41) is 3.78. The summed E-state index contributed by atoms with van der Waals surface area (Å²) in [6, 6.07) is 0. The Morgan fingerprint density at radius 1 is 1.29 bits per heavy atom. The van der Waals surface area contributed by atoms with Gasteiger partial charge in [-0.25, -0.2) is 4.98 Å². The average molecular weight is 346 g/mol. The molecule has 0 fully saturated rings. The van der Waals surface area contributed by atoms with Crippen LogP contribution in [-0.2, 0) is 17.5 Å². The smallest absolute Gasteiger partial charge is 0.350 e. The molecule has 0 spiro atoms. The van der Waals surface area contributed by atoms with Gasteiger partial charge >= 0.3 is 6.18 Å². The van der Waals surface area contributed by atoms with Crippen molar-refractivity contribution in [1.29, 1.82) is 0 Å². The fraction of sp³-hybridized carbons (Fsp3) is 0.667. The molecule has 0 unspecified atom stereocenters. The zero-order chi connectivity index (χ0) is 15.0. The fourth-order valence-corrected chi connectivity index (χ4v) is 2.31. The lowest BCUT2D eigenvalue weighted by atomic mass is 10.1. The lowest BCUT2D eigenvalue weighted by Gasteiger charge is -2.03. The molecule has 0 atom stereocenters. The molecule has 0 aliphatic carbocycles. The maximum Gasteiger partial charge on any atom is 0.434 e. The number of hydrogen-bond acceptors (Lipinski definition) is 4. The minimum Gasteiger partial charge on any atom is -0.350 e. The number of carbonyl (C=O) groups is 1. The van der Waals surface area contributed by atoms with Crippen molar-refractivity contribution in [3.05, 3.63) is 16.1 Å². The molecule has 0 aromatic carbocycles. The summed E-state index contributed by atoms with van der Waals surface area (Å²) < 4.78 is 36.9. The lowest BCUT2D eigenvalue weighted by molar-refractivity contribution is -0.140. The summed E-state index contributed by atoms with van der Waals surface area (Å²) in [4.78, 5) is 14.9. The molecule has 1 amide bonds. The van der Waals surface area contributed by atoms with E-state index in [1.54, 1.807) is 0 Å². The Morgan fingerprint density at radius 3 is 2.52 bits per heavy atom. The first-order valence-electron chi connectivity index (χ1n) is 6.42. The van der Waals surface area contributed by atoms with E-state index in [1.807, 2.05) is 0 Å². The second-order valence-electron chi connectivity index (χ2n) is 4.35. The summed E-state index contributed by atoms with van der Waals surface area (Å²) in [5.41, 5.74) is 4.44. The van der Waals surface area contributed by atoms with Crippen LogP contribution < -0.4 is 11.1 Å². The van der Waals surface area contributed by atoms with Crippen molar-refractivity contribution in [2.24, 2.45) is 5.73 Å². The van der Waals surface area contributed by atoms with Crippen LogP contribution in [0.1, 0.15) is 42.8 Å². The number of halogens is 4. The van der Waals surface area contributed by atoms with Crippen molar-refractivity contribution in [2.75, 3.05) is 6.54 Å². The minimum absolute atomic E-state index is 0. The van der Waals surface area contributed by atoms with E-state index in [1.165, 1.54) is 0 Å². The molecule has 1 aromatic heterocycles. The van der Waals surface area contributed by atoms with E-state index < -0.39 is 11.9 Å². The normalized spacial score (nSPS) is 11.0. The van der Waals surface area contributed by atoms with Crippen molar-refractivity contribution in [1.82, 2.24) is 10.3 Å². The Bertz CT molecular complexity index is 426. The SMILES string of the molecule is Cl.NCCCCCCC(=O)NCc1nc(C(F)(F)F)cs1. The van der Waals surface area contributed by atoms with Crippen LogP contribution in [0.15, 0.2) is 5.38 Å². The van der Waals surface area contributed by atoms with Gasteiger partial charge in [-0.05, 0) is 19.4 Å². The number of thiazole rings is 1. The molecule has 3 N–H and O–H groups in total. The zero-order valence-corrected chi connectivity index (χ0v) is 13.0. The predicted octanol–water partition coefficient (Wildman–Crippen LogP) is 3.11. The number of amides is 1. The van der Waals surface area contributed by atoms with Gasteiger partial charge in [0.15, 0.2) is 5.69 Å². The van der Waals surface area contributed by atoms with Crippen molar-refractivity contribution in [3.8, 4) is 0 Å². The van der Waals surface area contributed by atoms with E-state index >= 15 is 0 Å². The van der Waals surface area contributed by atoms with Crippen molar-refractivity contribution in [3.63, 3.8) is 0 Å². The van der Waals surface area contributed by atoms with Crippen molar-refractivity contribution < 1.29 is 18.0 Å². The predicted molar refractivity (Wildman–Crippen MR) is 78.4 cm³/mol. The minimum atomic E-state index is -4.43. The number of nitrogens with one attached hydrogen (secondary N) is 1. The number of rotatable bonds is 8. The molecule has 0 radical (unpaired) electrons. The second kappa shape index (κ2) is 9.97. The highest BCUT2D eigenvalue weighted by Gasteiger charge is 2.33. The van der Waals surface area contributed by atoms with Gasteiger partial charge in [0.05, 0.1) is 6.54 Å². The Morgan fingerprint density at radius 2 is 1.95 bits per heavy atom. The van der Waals surface area contributed by atoms with Crippen LogP contribution in [-0.4, -0.2) is 17.4 Å². The molecule has 0 aliphatic rings. The van der Waals surface area contributed by atoms with E-state index in [0.29, 0.717) is 13.0 Å². The summed E-state index contributed by atoms with van der Waals surface area (Å²) in [6.45, 7) is 0.695. The van der Waals surface area contributed by atoms with Gasteiger partial charge in [0, 0.05) is 11.8 Å². The third kappa shape index (κ3) is 8.23. The standard InChI is InChI=1S/C12H18F3N3OS.ClH/c13-12(14,15)9-8-20-11(18-9)7-17-10(19)5-3-1-2-4-6-16;/h8H,1-7,16H2,(H,17,19);1H. The molecule has 1 rings (SSSR count). The van der Waals surface area contributed by atoms with Gasteiger partial charge in [-0.3, -0.25) is 4.79 Å². The Kier molecular flexibility index (Phi) is 9.56. The number of nitrogens with zero attached hydrogens (tertiary/aromatic N) is 1. The third-order valence-electron chi connectivity index (χ3n) is 2.64. The topological polar surface area (TPSA) is 68.0 Å². The molecule has 1 aromatic rings. The van der Waals surface area contributed by atoms with Gasteiger partial charge in [-0.2, -0.15) is 13.2 Å². The monoisotopic (exact) mass is 345 g/mol. The van der Waals surface area contributed by atoms with Gasteiger partial charge < -0.3 is 11.1 Å². The summed E-state index contributed by atoms with van der Waals surface area (Å²) in [6.07, 6.45) is -0.423. The van der Waals surface area contributed by atoms with Gasteiger partial charge in [-0.15, -0.1) is 23.7 Å². The Hall–Kier alpha value is -0.860. The van der Waals surface area contributed by atoms with Gasteiger partial charge in [-0.1, -0.05) is 12.8 Å². The largest absolute Gasteiger partial charge is 0.434 e. The number of carbonyl (C=O) groups excluding carboxylic acids is 1. The molecule has 1 heterocycles. The number of hydrogen-bond donors (Lipinski definition) is 2. The summed E-state index contributed by atoms with van der Waals surface area (Å²) in [7, 11) is 0. The van der Waals surface area contributed by atoms with E-state index in [9.17, 15) is 18.0 Å². The van der Waals surface area contributed by atoms with Gasteiger partial charge in [0.1, 0.15) is 5.01 Å². The average Bonchev–Trinajstić information content (AvgIpc) is 2.85. The lowest BCUT2D eigenvalue weighted by Crippen LogP contribution is -2.22. The van der Waals surface area contributed by atoms with Crippen LogP contribution in [0.2, 0.25) is 0 Å². The molecule has 4 nitrogen and oxygen atoms in total. The van der Waals surface area contributed by atoms with Crippen LogP contribution in [0.3, 0.4) is 0 Å². The zero-order valence-electron chi connectivity index (χ0n) is 11.4. The van der Waals surface area contributed by atoms with Gasteiger partial charge in [0.2, 0.25) is 5.91 Å². The van der Waals surface area contributed by atoms with Gasteiger partial charge in [0.25, 0.3) is 0 Å². The molecule has 0 saturated heterocycles. The summed E-state index contributed by atoms with van der Waals surface area (Å²) >= 11 is 0.894. The molecule has 0 bridgehead atoms. The highest BCUT2D eigenvalue weighted by molar-refractivity contribution is 7.09. The van der Waals surface area contributed by atoms with E-state index in [2.05, 4.69) is 10.3 Å². The maximum absolute atomic E-state index is 12.3. The van der Waals surface area contributed by atoms with Crippen LogP contribution in [0.25, 0.3) is 0 Å². The molecule has 9 heteroatoms. The Balaban J connectivity index is 0.00000400. The first-order valence-corrected chi connectivity index (χ1v) is 7.30. The maximum atomic E-state index is 12.3. The molecule has 0 aliphatic heterocycles. The van der Waals surface area contributed by atoms with Crippen LogP contribution in [0.4, 0.5) is 13.2 Å². The number of nitrogens with two attached hydrogens (primary N) is 1. The molecule has 21 heavy (non-hydrogen) atoms. The Labute approximate surface area is 131 Å². The highest BCUT2D eigenvalue weighted by atomic mass is 35.5. The van der Waals surface area contributed by atoms with Crippen molar-refractivity contribution >= 4 is 29.7 Å². The van der Waals surface area contributed by atoms with E-state index in [4.69, 9.17) is 5.73 Å². The first kappa shape index (κ1) is 20.1. The third-order valence-corrected chi connectivity index (χ3v) is 3.49. The molecular formula is C12H19ClF3N3OS. The quantitative estimate of drug-likeness (QED) is 0.711. The molecule has 0 saturated carbocycles. The second-order valence-corrected chi connectivity index (χ2v) is 5.30. The van der Waals surface area contributed by atoms with E-state index in [0.717, 1.165) is 42.4 Å². The fourth-order valence-electron chi connectivity index (χ4n) is 1.57.